The fourth-order valence-corrected chi connectivity index (χ4v) is 4.36. The average molecular weight is 320 g/mol. The fraction of sp³-hybridized carbons (Fsp3) is 0.381. The lowest BCUT2D eigenvalue weighted by Crippen LogP contribution is -2.47. The summed E-state index contributed by atoms with van der Waals surface area (Å²) in [4.78, 5) is 13.1. The number of carbonyl (C=O) groups excluding carboxylic acids is 1. The second-order valence-corrected chi connectivity index (χ2v) is 6.98. The number of hydrogen-bond acceptors (Lipinski definition) is 2. The van der Waals surface area contributed by atoms with Gasteiger partial charge < -0.3 is 10.6 Å². The van der Waals surface area contributed by atoms with Crippen molar-refractivity contribution in [2.45, 2.75) is 37.3 Å². The first-order chi connectivity index (χ1) is 11.8. The Morgan fingerprint density at radius 2 is 1.54 bits per heavy atom. The summed E-state index contributed by atoms with van der Waals surface area (Å²) in [6.45, 7) is 1.09. The molecule has 3 heteroatoms. The highest BCUT2D eigenvalue weighted by Crippen LogP contribution is 2.33. The lowest BCUT2D eigenvalue weighted by molar-refractivity contribution is -0.122. The van der Waals surface area contributed by atoms with Crippen LogP contribution >= 0.6 is 0 Å². The summed E-state index contributed by atoms with van der Waals surface area (Å²) in [5, 5.41) is 6.92. The molecule has 124 valence electrons. The molecule has 24 heavy (non-hydrogen) atoms. The Bertz CT molecular complexity index is 646. The number of amides is 1. The van der Waals surface area contributed by atoms with Gasteiger partial charge in [-0.3, -0.25) is 4.79 Å². The lowest BCUT2D eigenvalue weighted by Gasteiger charge is -2.24. The molecule has 0 aromatic heterocycles. The Kier molecular flexibility index (Phi) is 4.35. The molecule has 1 heterocycles. The van der Waals surface area contributed by atoms with Crippen LogP contribution in [0.25, 0.3) is 0 Å². The first-order valence-corrected chi connectivity index (χ1v) is 8.96. The maximum atomic E-state index is 13.1. The zero-order valence-electron chi connectivity index (χ0n) is 13.8. The number of nitrogens with one attached hydrogen (secondary N) is 2. The molecule has 4 rings (SSSR count). The van der Waals surface area contributed by atoms with Gasteiger partial charge in [-0.05, 0) is 42.9 Å². The normalized spacial score (nSPS) is 25.6. The summed E-state index contributed by atoms with van der Waals surface area (Å²) in [6.07, 6.45) is 3.56. The summed E-state index contributed by atoms with van der Waals surface area (Å²) >= 11 is 0. The predicted molar refractivity (Wildman–Crippen MR) is 95.8 cm³/mol. The molecule has 0 unspecified atom stereocenters. The van der Waals surface area contributed by atoms with Crippen molar-refractivity contribution in [2.75, 3.05) is 6.54 Å². The molecule has 2 aromatic carbocycles. The van der Waals surface area contributed by atoms with Crippen molar-refractivity contribution in [1.82, 2.24) is 10.6 Å². The Balaban J connectivity index is 1.58. The Labute approximate surface area is 143 Å². The molecule has 0 radical (unpaired) electrons. The van der Waals surface area contributed by atoms with Crippen LogP contribution in [0.3, 0.4) is 0 Å². The predicted octanol–water partition coefficient (Wildman–Crippen LogP) is 3.08. The third kappa shape index (κ3) is 2.96. The summed E-state index contributed by atoms with van der Waals surface area (Å²) in [5.74, 6) is 0.613. The first-order valence-electron chi connectivity index (χ1n) is 8.96. The van der Waals surface area contributed by atoms with E-state index < -0.39 is 0 Å². The van der Waals surface area contributed by atoms with Crippen LogP contribution in [-0.4, -0.2) is 24.5 Å². The maximum Gasteiger partial charge on any atom is 0.232 e. The highest BCUT2D eigenvalue weighted by atomic mass is 16.2. The van der Waals surface area contributed by atoms with Gasteiger partial charge in [0.1, 0.15) is 0 Å². The van der Waals surface area contributed by atoms with Crippen LogP contribution < -0.4 is 10.6 Å². The number of fused-ring (bicyclic) bond motifs is 1. The smallest absolute Gasteiger partial charge is 0.232 e. The molecular formula is C21H24N2O. The van der Waals surface area contributed by atoms with Crippen molar-refractivity contribution in [3.05, 3.63) is 71.8 Å². The van der Waals surface area contributed by atoms with Gasteiger partial charge in [0, 0.05) is 12.1 Å². The summed E-state index contributed by atoms with van der Waals surface area (Å²) in [6, 6.07) is 20.9. The second kappa shape index (κ2) is 6.78. The third-order valence-corrected chi connectivity index (χ3v) is 5.54. The van der Waals surface area contributed by atoms with Gasteiger partial charge in [0.15, 0.2) is 0 Å². The van der Waals surface area contributed by atoms with Gasteiger partial charge in [0.2, 0.25) is 5.91 Å². The van der Waals surface area contributed by atoms with Crippen LogP contribution in [0.1, 0.15) is 36.3 Å². The number of carbonyl (C=O) groups is 1. The maximum absolute atomic E-state index is 13.1. The van der Waals surface area contributed by atoms with Gasteiger partial charge in [-0.25, -0.2) is 0 Å². The van der Waals surface area contributed by atoms with E-state index in [9.17, 15) is 4.79 Å². The number of benzene rings is 2. The monoisotopic (exact) mass is 320 g/mol. The zero-order valence-corrected chi connectivity index (χ0v) is 13.8. The molecule has 0 spiro atoms. The molecule has 1 saturated heterocycles. The summed E-state index contributed by atoms with van der Waals surface area (Å²) in [7, 11) is 0. The van der Waals surface area contributed by atoms with Gasteiger partial charge in [0.25, 0.3) is 0 Å². The Hall–Kier alpha value is -2.13. The van der Waals surface area contributed by atoms with E-state index in [0.717, 1.165) is 30.0 Å². The van der Waals surface area contributed by atoms with Crippen molar-refractivity contribution in [3.63, 3.8) is 0 Å². The van der Waals surface area contributed by atoms with E-state index in [1.54, 1.807) is 0 Å². The van der Waals surface area contributed by atoms with E-state index in [1.807, 2.05) is 60.7 Å². The lowest BCUT2D eigenvalue weighted by atomic mass is 9.90. The van der Waals surface area contributed by atoms with Crippen molar-refractivity contribution in [1.29, 1.82) is 0 Å². The highest BCUT2D eigenvalue weighted by molar-refractivity contribution is 5.87. The standard InChI is InChI=1S/C21H24N2O/c24-21(23-18-12-11-17-13-14-22-20(17)18)19(15-7-3-1-4-8-15)16-9-5-2-6-10-16/h1-10,17-20,22H,11-14H2,(H,23,24)/t17-,18+,20+/m1/s1. The van der Waals surface area contributed by atoms with Crippen molar-refractivity contribution < 1.29 is 4.79 Å². The fourth-order valence-electron chi connectivity index (χ4n) is 4.36. The molecule has 2 aliphatic rings. The van der Waals surface area contributed by atoms with E-state index in [0.29, 0.717) is 6.04 Å². The van der Waals surface area contributed by atoms with Gasteiger partial charge in [-0.15, -0.1) is 0 Å². The quantitative estimate of drug-likeness (QED) is 0.909. The Morgan fingerprint density at radius 3 is 2.17 bits per heavy atom. The van der Waals surface area contributed by atoms with Crippen molar-refractivity contribution in [3.8, 4) is 0 Å². The van der Waals surface area contributed by atoms with Crippen LogP contribution in [0.2, 0.25) is 0 Å². The van der Waals surface area contributed by atoms with E-state index >= 15 is 0 Å². The number of rotatable bonds is 4. The minimum atomic E-state index is -0.243. The van der Waals surface area contributed by atoms with E-state index in [2.05, 4.69) is 10.6 Å². The van der Waals surface area contributed by atoms with Gasteiger partial charge in [-0.1, -0.05) is 60.7 Å². The molecule has 2 fully saturated rings. The summed E-state index contributed by atoms with van der Waals surface area (Å²) in [5.41, 5.74) is 2.10. The van der Waals surface area contributed by atoms with Crippen molar-refractivity contribution in [2.24, 2.45) is 5.92 Å². The Morgan fingerprint density at radius 1 is 0.917 bits per heavy atom. The van der Waals surface area contributed by atoms with Gasteiger partial charge >= 0.3 is 0 Å². The van der Waals surface area contributed by atoms with E-state index in [1.165, 1.54) is 12.8 Å². The first kappa shape index (κ1) is 15.4. The van der Waals surface area contributed by atoms with E-state index in [-0.39, 0.29) is 17.9 Å². The van der Waals surface area contributed by atoms with Crippen LogP contribution in [0.4, 0.5) is 0 Å². The van der Waals surface area contributed by atoms with Gasteiger partial charge in [0.05, 0.1) is 5.92 Å². The molecule has 3 atom stereocenters. The largest absolute Gasteiger partial charge is 0.351 e. The summed E-state index contributed by atoms with van der Waals surface area (Å²) < 4.78 is 0. The second-order valence-electron chi connectivity index (χ2n) is 6.98. The average Bonchev–Trinajstić information content (AvgIpc) is 3.22. The van der Waals surface area contributed by atoms with Crippen LogP contribution in [0.5, 0.6) is 0 Å². The van der Waals surface area contributed by atoms with Gasteiger partial charge in [-0.2, -0.15) is 0 Å². The minimum Gasteiger partial charge on any atom is -0.351 e. The molecule has 1 amide bonds. The molecule has 2 N–H and O–H groups in total. The molecule has 1 aliphatic heterocycles. The number of hydrogen-bond donors (Lipinski definition) is 2. The molecule has 2 aromatic rings. The molecular weight excluding hydrogens is 296 g/mol. The van der Waals surface area contributed by atoms with E-state index in [4.69, 9.17) is 0 Å². The minimum absolute atomic E-state index is 0.117. The van der Waals surface area contributed by atoms with Crippen LogP contribution in [0, 0.1) is 5.92 Å². The zero-order chi connectivity index (χ0) is 16.4. The molecule has 3 nitrogen and oxygen atoms in total. The highest BCUT2D eigenvalue weighted by Gasteiger charge is 2.40. The molecule has 1 saturated carbocycles. The third-order valence-electron chi connectivity index (χ3n) is 5.54. The van der Waals surface area contributed by atoms with Crippen molar-refractivity contribution >= 4 is 5.91 Å². The van der Waals surface area contributed by atoms with Crippen LogP contribution in [-0.2, 0) is 4.79 Å². The molecule has 0 bridgehead atoms. The SMILES string of the molecule is O=C(N[C@H]1CC[C@@H]2CCN[C@@H]21)C(c1ccccc1)c1ccccc1. The molecule has 1 aliphatic carbocycles. The topological polar surface area (TPSA) is 41.1 Å². The van der Waals surface area contributed by atoms with Crippen LogP contribution in [0.15, 0.2) is 60.7 Å².